The third-order valence-electron chi connectivity index (χ3n) is 2.46. The number of nitrogens with zero attached hydrogens (tertiary/aromatic N) is 3. The molecule has 0 amide bonds. The molecule has 2 heterocycles. The van der Waals surface area contributed by atoms with Gasteiger partial charge in [0.15, 0.2) is 5.65 Å². The van der Waals surface area contributed by atoms with Gasteiger partial charge in [-0.1, -0.05) is 39.7 Å². The molecule has 0 unspecified atom stereocenters. The van der Waals surface area contributed by atoms with E-state index in [2.05, 4.69) is 26.0 Å². The molecule has 0 aliphatic rings. The van der Waals surface area contributed by atoms with Crippen LogP contribution >= 0.6 is 27.5 Å². The van der Waals surface area contributed by atoms with Crippen LogP contribution in [0.2, 0.25) is 5.15 Å². The molecule has 5 heteroatoms. The maximum Gasteiger partial charge on any atom is 0.157 e. The van der Waals surface area contributed by atoms with Gasteiger partial charge in [-0.25, -0.2) is 9.50 Å². The van der Waals surface area contributed by atoms with Gasteiger partial charge in [0.2, 0.25) is 0 Å². The van der Waals surface area contributed by atoms with Crippen LogP contribution in [0.1, 0.15) is 0 Å². The predicted molar refractivity (Wildman–Crippen MR) is 71.1 cm³/mol. The molecule has 0 N–H and O–H groups in total. The van der Waals surface area contributed by atoms with E-state index in [1.54, 1.807) is 10.7 Å². The SMILES string of the molecule is Clc1cc(-c2ccc(Br)cc2)nc2ccnn12. The third-order valence-corrected chi connectivity index (χ3v) is 3.25. The van der Waals surface area contributed by atoms with Crippen LogP contribution in [0, 0.1) is 0 Å². The van der Waals surface area contributed by atoms with E-state index < -0.39 is 0 Å². The lowest BCUT2D eigenvalue weighted by molar-refractivity contribution is 0.942. The highest BCUT2D eigenvalue weighted by atomic mass is 79.9. The van der Waals surface area contributed by atoms with Crippen molar-refractivity contribution in [1.29, 1.82) is 0 Å². The van der Waals surface area contributed by atoms with E-state index in [1.807, 2.05) is 36.4 Å². The number of hydrogen-bond donors (Lipinski definition) is 0. The van der Waals surface area contributed by atoms with E-state index >= 15 is 0 Å². The van der Waals surface area contributed by atoms with E-state index in [4.69, 9.17) is 11.6 Å². The molecule has 2 aromatic heterocycles. The molecule has 3 nitrogen and oxygen atoms in total. The Morgan fingerprint density at radius 3 is 2.65 bits per heavy atom. The topological polar surface area (TPSA) is 30.2 Å². The molecule has 0 aliphatic carbocycles. The second-order valence-electron chi connectivity index (χ2n) is 3.57. The quantitative estimate of drug-likeness (QED) is 0.640. The highest BCUT2D eigenvalue weighted by Crippen LogP contribution is 2.23. The first-order chi connectivity index (χ1) is 8.24. The van der Waals surface area contributed by atoms with Crippen molar-refractivity contribution in [3.05, 3.63) is 52.2 Å². The standard InChI is InChI=1S/C12H7BrClN3/c13-9-3-1-8(2-4-9)10-7-11(14)17-12(16-10)5-6-15-17/h1-7H. The molecule has 3 aromatic rings. The fraction of sp³-hybridized carbons (Fsp3) is 0. The zero-order chi connectivity index (χ0) is 11.8. The van der Waals surface area contributed by atoms with Gasteiger partial charge >= 0.3 is 0 Å². The zero-order valence-electron chi connectivity index (χ0n) is 8.64. The van der Waals surface area contributed by atoms with Gasteiger partial charge < -0.3 is 0 Å². The summed E-state index contributed by atoms with van der Waals surface area (Å²) < 4.78 is 2.64. The van der Waals surface area contributed by atoms with Gasteiger partial charge in [-0.15, -0.1) is 0 Å². The first kappa shape index (κ1) is 10.7. The lowest BCUT2D eigenvalue weighted by Gasteiger charge is -2.03. The molecule has 3 rings (SSSR count). The van der Waals surface area contributed by atoms with Crippen LogP contribution < -0.4 is 0 Å². The summed E-state index contributed by atoms with van der Waals surface area (Å²) in [6.45, 7) is 0. The van der Waals surface area contributed by atoms with Crippen molar-refractivity contribution in [2.45, 2.75) is 0 Å². The average molecular weight is 309 g/mol. The summed E-state index contributed by atoms with van der Waals surface area (Å²) in [6.07, 6.45) is 1.68. The van der Waals surface area contributed by atoms with Crippen LogP contribution in [0.5, 0.6) is 0 Å². The first-order valence-corrected chi connectivity index (χ1v) is 6.17. The highest BCUT2D eigenvalue weighted by molar-refractivity contribution is 9.10. The van der Waals surface area contributed by atoms with E-state index in [0.717, 1.165) is 21.4 Å². The maximum atomic E-state index is 6.14. The van der Waals surface area contributed by atoms with Gasteiger partial charge in [0, 0.05) is 22.2 Å². The Labute approximate surface area is 111 Å². The van der Waals surface area contributed by atoms with Gasteiger partial charge in [-0.3, -0.25) is 0 Å². The molecule has 0 fully saturated rings. The number of aromatic nitrogens is 3. The Bertz CT molecular complexity index is 676. The third kappa shape index (κ3) is 1.94. The van der Waals surface area contributed by atoms with Gasteiger partial charge in [-0.2, -0.15) is 5.10 Å². The maximum absolute atomic E-state index is 6.14. The number of fused-ring (bicyclic) bond motifs is 1. The number of halogens is 2. The fourth-order valence-electron chi connectivity index (χ4n) is 1.64. The molecule has 0 bridgehead atoms. The minimum atomic E-state index is 0.554. The van der Waals surface area contributed by atoms with Crippen molar-refractivity contribution in [1.82, 2.24) is 14.6 Å². The minimum Gasteiger partial charge on any atom is -0.228 e. The summed E-state index contributed by atoms with van der Waals surface area (Å²) in [4.78, 5) is 4.50. The Hall–Kier alpha value is -1.39. The number of rotatable bonds is 1. The van der Waals surface area contributed by atoms with E-state index in [1.165, 1.54) is 0 Å². The van der Waals surface area contributed by atoms with Gasteiger partial charge in [-0.05, 0) is 12.1 Å². The summed E-state index contributed by atoms with van der Waals surface area (Å²) in [5.41, 5.74) is 2.62. The molecule has 0 atom stereocenters. The lowest BCUT2D eigenvalue weighted by atomic mass is 10.1. The van der Waals surface area contributed by atoms with Crippen LogP contribution in [0.4, 0.5) is 0 Å². The molecule has 17 heavy (non-hydrogen) atoms. The summed E-state index contributed by atoms with van der Waals surface area (Å²) in [5.74, 6) is 0. The van der Waals surface area contributed by atoms with Crippen molar-refractivity contribution in [3.8, 4) is 11.3 Å². The second kappa shape index (κ2) is 4.13. The molecular formula is C12H7BrClN3. The van der Waals surface area contributed by atoms with Gasteiger partial charge in [0.05, 0.1) is 11.9 Å². The lowest BCUT2D eigenvalue weighted by Crippen LogP contribution is -1.94. The van der Waals surface area contributed by atoms with Crippen molar-refractivity contribution in [2.24, 2.45) is 0 Å². The van der Waals surface area contributed by atoms with Gasteiger partial charge in [0.25, 0.3) is 0 Å². The van der Waals surface area contributed by atoms with Crippen LogP contribution in [-0.2, 0) is 0 Å². The number of benzene rings is 1. The van der Waals surface area contributed by atoms with Crippen LogP contribution in [0.3, 0.4) is 0 Å². The Kier molecular flexibility index (Phi) is 2.61. The van der Waals surface area contributed by atoms with Crippen molar-refractivity contribution < 1.29 is 0 Å². The molecule has 1 aromatic carbocycles. The monoisotopic (exact) mass is 307 g/mol. The number of hydrogen-bond acceptors (Lipinski definition) is 2. The largest absolute Gasteiger partial charge is 0.228 e. The summed E-state index contributed by atoms with van der Waals surface area (Å²) >= 11 is 9.54. The average Bonchev–Trinajstić information content (AvgIpc) is 2.78. The first-order valence-electron chi connectivity index (χ1n) is 5.00. The summed E-state index contributed by atoms with van der Waals surface area (Å²) in [5, 5.41) is 4.64. The van der Waals surface area contributed by atoms with E-state index in [9.17, 15) is 0 Å². The smallest absolute Gasteiger partial charge is 0.157 e. The highest BCUT2D eigenvalue weighted by Gasteiger charge is 2.06. The van der Waals surface area contributed by atoms with E-state index in [0.29, 0.717) is 5.15 Å². The molecule has 0 aliphatic heterocycles. The van der Waals surface area contributed by atoms with Crippen molar-refractivity contribution in [3.63, 3.8) is 0 Å². The second-order valence-corrected chi connectivity index (χ2v) is 4.88. The molecule has 84 valence electrons. The van der Waals surface area contributed by atoms with Crippen molar-refractivity contribution in [2.75, 3.05) is 0 Å². The van der Waals surface area contributed by atoms with Gasteiger partial charge in [0.1, 0.15) is 5.15 Å². The van der Waals surface area contributed by atoms with Crippen molar-refractivity contribution >= 4 is 33.2 Å². The summed E-state index contributed by atoms with van der Waals surface area (Å²) in [6, 6.07) is 11.6. The molecular weight excluding hydrogens is 302 g/mol. The zero-order valence-corrected chi connectivity index (χ0v) is 11.0. The molecule has 0 saturated heterocycles. The molecule has 0 radical (unpaired) electrons. The normalized spacial score (nSPS) is 10.9. The Morgan fingerprint density at radius 2 is 1.88 bits per heavy atom. The van der Waals surface area contributed by atoms with Crippen LogP contribution in [0.15, 0.2) is 47.1 Å². The molecule has 0 saturated carbocycles. The minimum absolute atomic E-state index is 0.554. The Balaban J connectivity index is 2.20. The fourth-order valence-corrected chi connectivity index (χ4v) is 2.14. The Morgan fingerprint density at radius 1 is 1.12 bits per heavy atom. The summed E-state index contributed by atoms with van der Waals surface area (Å²) in [7, 11) is 0. The predicted octanol–water partition coefficient (Wildman–Crippen LogP) is 3.81. The van der Waals surface area contributed by atoms with E-state index in [-0.39, 0.29) is 0 Å². The van der Waals surface area contributed by atoms with Crippen LogP contribution in [0.25, 0.3) is 16.9 Å². The molecule has 0 spiro atoms. The van der Waals surface area contributed by atoms with Crippen LogP contribution in [-0.4, -0.2) is 14.6 Å².